The molecule has 0 N–H and O–H groups in total. The average molecular weight is 373 g/mol. The van der Waals surface area contributed by atoms with Gasteiger partial charge in [0.1, 0.15) is 0 Å². The standard InChI is InChI=1S/C8H5Br3O2/c9-7-4-2-1-3-6(7)8(10,11)13-5-12/h1-5H. The minimum absolute atomic E-state index is 0.378. The molecule has 0 radical (unpaired) electrons. The van der Waals surface area contributed by atoms with Crippen LogP contribution in [0.4, 0.5) is 0 Å². The highest BCUT2D eigenvalue weighted by molar-refractivity contribution is 9.24. The van der Waals surface area contributed by atoms with Gasteiger partial charge in [0, 0.05) is 10.0 Å². The molecule has 0 aromatic heterocycles. The van der Waals surface area contributed by atoms with E-state index in [1.165, 1.54) is 0 Å². The van der Waals surface area contributed by atoms with Crippen molar-refractivity contribution in [3.8, 4) is 0 Å². The normalized spacial score (nSPS) is 11.0. The zero-order valence-corrected chi connectivity index (χ0v) is 11.1. The molecule has 2 nitrogen and oxygen atoms in total. The highest BCUT2D eigenvalue weighted by Crippen LogP contribution is 2.41. The summed E-state index contributed by atoms with van der Waals surface area (Å²) in [6.45, 7) is 0.378. The van der Waals surface area contributed by atoms with Crippen LogP contribution in [0.1, 0.15) is 5.56 Å². The zero-order chi connectivity index (χ0) is 9.90. The Hall–Kier alpha value is 0.130. The van der Waals surface area contributed by atoms with Gasteiger partial charge < -0.3 is 4.74 Å². The lowest BCUT2D eigenvalue weighted by molar-refractivity contribution is -0.131. The quantitative estimate of drug-likeness (QED) is 0.599. The van der Waals surface area contributed by atoms with Gasteiger partial charge in [-0.1, -0.05) is 34.1 Å². The zero-order valence-electron chi connectivity index (χ0n) is 6.34. The summed E-state index contributed by atoms with van der Waals surface area (Å²) in [5.74, 6) is 0. The Kier molecular flexibility index (Phi) is 3.94. The third-order valence-corrected chi connectivity index (χ3v) is 3.30. The molecule has 1 rings (SSSR count). The maximum Gasteiger partial charge on any atom is 0.295 e. The molecule has 0 aliphatic carbocycles. The van der Waals surface area contributed by atoms with E-state index in [0.717, 1.165) is 10.0 Å². The average Bonchev–Trinajstić information content (AvgIpc) is 2.04. The van der Waals surface area contributed by atoms with Crippen LogP contribution in [0, 0.1) is 0 Å². The van der Waals surface area contributed by atoms with Gasteiger partial charge in [0.05, 0.1) is 0 Å². The predicted octanol–water partition coefficient (Wildman–Crippen LogP) is 3.52. The third-order valence-electron chi connectivity index (χ3n) is 1.38. The Morgan fingerprint density at radius 3 is 2.46 bits per heavy atom. The van der Waals surface area contributed by atoms with Gasteiger partial charge >= 0.3 is 0 Å². The van der Waals surface area contributed by atoms with E-state index in [2.05, 4.69) is 47.8 Å². The van der Waals surface area contributed by atoms with Crippen molar-refractivity contribution in [2.75, 3.05) is 0 Å². The molecule has 0 unspecified atom stereocenters. The summed E-state index contributed by atoms with van der Waals surface area (Å²) >= 11 is 9.81. The van der Waals surface area contributed by atoms with Crippen molar-refractivity contribution in [2.45, 2.75) is 3.42 Å². The van der Waals surface area contributed by atoms with Crippen molar-refractivity contribution in [3.05, 3.63) is 34.3 Å². The largest absolute Gasteiger partial charge is 0.435 e. The lowest BCUT2D eigenvalue weighted by atomic mass is 10.2. The number of alkyl halides is 2. The first-order valence-electron chi connectivity index (χ1n) is 3.32. The molecule has 0 fully saturated rings. The maximum absolute atomic E-state index is 10.2. The van der Waals surface area contributed by atoms with Gasteiger partial charge in [-0.2, -0.15) is 0 Å². The minimum Gasteiger partial charge on any atom is -0.435 e. The first-order valence-corrected chi connectivity index (χ1v) is 5.70. The minimum atomic E-state index is -0.957. The van der Waals surface area contributed by atoms with Gasteiger partial charge in [-0.15, -0.1) is 0 Å². The van der Waals surface area contributed by atoms with Gasteiger partial charge in [-0.25, -0.2) is 0 Å². The van der Waals surface area contributed by atoms with Crippen molar-refractivity contribution in [2.24, 2.45) is 0 Å². The molecule has 0 heterocycles. The molecule has 13 heavy (non-hydrogen) atoms. The molecule has 0 saturated heterocycles. The van der Waals surface area contributed by atoms with Crippen LogP contribution in [0.2, 0.25) is 0 Å². The molecule has 0 bridgehead atoms. The van der Waals surface area contributed by atoms with Crippen LogP contribution in [0.15, 0.2) is 28.7 Å². The van der Waals surface area contributed by atoms with Gasteiger partial charge in [0.15, 0.2) is 0 Å². The number of hydrogen-bond donors (Lipinski definition) is 0. The van der Waals surface area contributed by atoms with Crippen LogP contribution in [0.5, 0.6) is 0 Å². The molecule has 0 amide bonds. The molecule has 0 aliphatic rings. The van der Waals surface area contributed by atoms with E-state index in [9.17, 15) is 4.79 Å². The van der Waals surface area contributed by atoms with Gasteiger partial charge in [-0.05, 0) is 37.9 Å². The highest BCUT2D eigenvalue weighted by atomic mass is 79.9. The molecule has 1 aromatic rings. The maximum atomic E-state index is 10.2. The number of halogens is 3. The first-order chi connectivity index (χ1) is 6.08. The summed E-state index contributed by atoms with van der Waals surface area (Å²) < 4.78 is 4.71. The molecule has 1 aromatic carbocycles. The van der Waals surface area contributed by atoms with Crippen LogP contribution in [-0.4, -0.2) is 6.47 Å². The second kappa shape index (κ2) is 4.57. The molecule has 0 aliphatic heterocycles. The Balaban J connectivity index is 3.06. The van der Waals surface area contributed by atoms with Gasteiger partial charge in [0.25, 0.3) is 6.47 Å². The lowest BCUT2D eigenvalue weighted by Crippen LogP contribution is -2.13. The van der Waals surface area contributed by atoms with Gasteiger partial charge in [0.2, 0.25) is 3.42 Å². The Labute approximate surface area is 101 Å². The number of carbonyl (C=O) groups is 1. The van der Waals surface area contributed by atoms with E-state index in [1.807, 2.05) is 24.3 Å². The molecule has 0 spiro atoms. The Bertz CT molecular complexity index is 312. The fourth-order valence-electron chi connectivity index (χ4n) is 0.821. The second-order valence-corrected chi connectivity index (χ2v) is 6.36. The van der Waals surface area contributed by atoms with E-state index >= 15 is 0 Å². The molecule has 5 heteroatoms. The number of rotatable bonds is 3. The summed E-state index contributed by atoms with van der Waals surface area (Å²) in [6.07, 6.45) is 0. The SMILES string of the molecule is O=COC(Br)(Br)c1ccccc1Br. The summed E-state index contributed by atoms with van der Waals surface area (Å²) in [6, 6.07) is 7.42. The van der Waals surface area contributed by atoms with Crippen molar-refractivity contribution >= 4 is 54.3 Å². The number of benzene rings is 1. The third kappa shape index (κ3) is 2.79. The fraction of sp³-hybridized carbons (Fsp3) is 0.125. The smallest absolute Gasteiger partial charge is 0.295 e. The summed E-state index contributed by atoms with van der Waals surface area (Å²) in [5.41, 5.74) is 0.794. The van der Waals surface area contributed by atoms with E-state index in [-0.39, 0.29) is 0 Å². The highest BCUT2D eigenvalue weighted by Gasteiger charge is 2.28. The molecule has 0 atom stereocenters. The van der Waals surface area contributed by atoms with E-state index in [1.54, 1.807) is 0 Å². The van der Waals surface area contributed by atoms with Crippen LogP contribution in [0.3, 0.4) is 0 Å². The van der Waals surface area contributed by atoms with Crippen molar-refractivity contribution in [1.29, 1.82) is 0 Å². The van der Waals surface area contributed by atoms with Crippen LogP contribution >= 0.6 is 47.8 Å². The number of ether oxygens (including phenoxy) is 1. The molecule has 0 saturated carbocycles. The first kappa shape index (κ1) is 11.2. The Morgan fingerprint density at radius 2 is 1.92 bits per heavy atom. The Morgan fingerprint density at radius 1 is 1.31 bits per heavy atom. The van der Waals surface area contributed by atoms with Crippen LogP contribution < -0.4 is 0 Å². The van der Waals surface area contributed by atoms with E-state index < -0.39 is 3.42 Å². The predicted molar refractivity (Wildman–Crippen MR) is 60.8 cm³/mol. The van der Waals surface area contributed by atoms with Crippen molar-refractivity contribution in [3.63, 3.8) is 0 Å². The second-order valence-electron chi connectivity index (χ2n) is 2.21. The van der Waals surface area contributed by atoms with Gasteiger partial charge in [-0.3, -0.25) is 4.79 Å². The monoisotopic (exact) mass is 370 g/mol. The summed E-state index contributed by atoms with van der Waals surface area (Å²) in [5, 5.41) is 0. The summed E-state index contributed by atoms with van der Waals surface area (Å²) in [7, 11) is 0. The van der Waals surface area contributed by atoms with Crippen LogP contribution in [-0.2, 0) is 13.0 Å². The van der Waals surface area contributed by atoms with E-state index in [0.29, 0.717) is 6.47 Å². The topological polar surface area (TPSA) is 26.3 Å². The fourth-order valence-corrected chi connectivity index (χ4v) is 2.76. The summed E-state index contributed by atoms with van der Waals surface area (Å²) in [4.78, 5) is 10.2. The number of hydrogen-bond acceptors (Lipinski definition) is 2. The molecule has 70 valence electrons. The van der Waals surface area contributed by atoms with E-state index in [4.69, 9.17) is 4.74 Å². The molecular weight excluding hydrogens is 368 g/mol. The van der Waals surface area contributed by atoms with Crippen molar-refractivity contribution in [1.82, 2.24) is 0 Å². The lowest BCUT2D eigenvalue weighted by Gasteiger charge is -2.19. The molecular formula is C8H5Br3O2. The van der Waals surface area contributed by atoms with Crippen molar-refractivity contribution < 1.29 is 9.53 Å². The number of carbonyl (C=O) groups excluding carboxylic acids is 1. The van der Waals surface area contributed by atoms with Crippen LogP contribution in [0.25, 0.3) is 0 Å².